The molecule has 0 aliphatic carbocycles. The average molecular weight is 502 g/mol. The van der Waals surface area contributed by atoms with E-state index in [0.717, 1.165) is 36.4 Å². The summed E-state index contributed by atoms with van der Waals surface area (Å²) in [5.41, 5.74) is -0.896. The summed E-state index contributed by atoms with van der Waals surface area (Å²) in [7, 11) is -9.30. The lowest BCUT2D eigenvalue weighted by atomic mass is 10.2. The van der Waals surface area contributed by atoms with E-state index in [4.69, 9.17) is 0 Å². The highest BCUT2D eigenvalue weighted by Crippen LogP contribution is 2.34. The minimum atomic E-state index is -4.73. The molecular weight excluding hydrogens is 483 g/mol. The van der Waals surface area contributed by atoms with Gasteiger partial charge < -0.3 is 36.5 Å². The van der Waals surface area contributed by atoms with Gasteiger partial charge in [0.15, 0.2) is 6.04 Å². The summed E-state index contributed by atoms with van der Waals surface area (Å²) in [4.78, 5) is 41.8. The monoisotopic (exact) mass is 502 g/mol. The zero-order valence-corrected chi connectivity index (χ0v) is 18.8. The van der Waals surface area contributed by atoms with Gasteiger partial charge in [0.05, 0.1) is 27.5 Å². The van der Waals surface area contributed by atoms with Gasteiger partial charge in [0.2, 0.25) is 0 Å². The van der Waals surface area contributed by atoms with Gasteiger partial charge in [-0.2, -0.15) is 20.3 Å². The highest BCUT2D eigenvalue weighted by Gasteiger charge is 2.38. The van der Waals surface area contributed by atoms with E-state index in [9.17, 15) is 42.0 Å². The number of azo groups is 1. The Morgan fingerprint density at radius 2 is 1.73 bits per heavy atom. The van der Waals surface area contributed by atoms with E-state index in [1.54, 1.807) is 0 Å². The largest absolute Gasteiger partial charge is 0.744 e. The number of quaternary nitrogens is 2. The standard InChI is InChI=1S/C16H13N4O9PS.2H3N/c21-15-13(18-17-9-2-1-3-11(8-9)30(24,25)26)14(16(22)23)19-20(15)10-4-6-12(7-5-10)31(27,28)29;;/h1-8,13H,(H,22,23)(H2,24,25,26)(H,27,28,29);2*1H3. The Morgan fingerprint density at radius 3 is 2.24 bits per heavy atom. The van der Waals surface area contributed by atoms with Crippen molar-refractivity contribution in [1.82, 2.24) is 12.3 Å². The van der Waals surface area contributed by atoms with Crippen molar-refractivity contribution in [2.45, 2.75) is 10.9 Å². The van der Waals surface area contributed by atoms with Crippen LogP contribution in [0.25, 0.3) is 0 Å². The Balaban J connectivity index is 0.00000272. The SMILES string of the molecule is O=C([O-])C1=NN(c2ccc(S(=O)(=O)[O-])cc2)C(=O)C1N=Nc1cccc(P(=O)(O)O)c1.[NH4+].[NH4+]. The number of carbonyl (C=O) groups is 2. The third kappa shape index (κ3) is 6.11. The van der Waals surface area contributed by atoms with Crippen molar-refractivity contribution in [3.05, 3.63) is 48.5 Å². The number of carboxylic acid groups (broad SMARTS) is 1. The maximum Gasteiger partial charge on any atom is 0.356 e. The molecule has 0 spiro atoms. The summed E-state index contributed by atoms with van der Waals surface area (Å²) in [6.07, 6.45) is 0. The minimum absolute atomic E-state index is 0. The Hall–Kier alpha value is -3.37. The van der Waals surface area contributed by atoms with E-state index in [2.05, 4.69) is 15.3 Å². The van der Waals surface area contributed by atoms with Crippen LogP contribution in [0, 0.1) is 0 Å². The van der Waals surface area contributed by atoms with Crippen molar-refractivity contribution in [2.24, 2.45) is 15.3 Å². The molecule has 1 atom stereocenters. The van der Waals surface area contributed by atoms with Gasteiger partial charge in [0.25, 0.3) is 5.91 Å². The number of amides is 1. The van der Waals surface area contributed by atoms with Crippen LogP contribution in [-0.2, 0) is 24.3 Å². The van der Waals surface area contributed by atoms with Crippen molar-refractivity contribution in [3.63, 3.8) is 0 Å². The second-order valence-corrected chi connectivity index (χ2v) is 9.04. The number of hydrogen-bond acceptors (Lipinski definition) is 10. The van der Waals surface area contributed by atoms with Crippen LogP contribution in [-0.4, -0.2) is 46.4 Å². The van der Waals surface area contributed by atoms with Gasteiger partial charge in [-0.3, -0.25) is 9.36 Å². The highest BCUT2D eigenvalue weighted by molar-refractivity contribution is 7.85. The van der Waals surface area contributed by atoms with Gasteiger partial charge in [-0.15, -0.1) is 0 Å². The van der Waals surface area contributed by atoms with Crippen molar-refractivity contribution in [2.75, 3.05) is 5.01 Å². The molecule has 0 bridgehead atoms. The zero-order chi connectivity index (χ0) is 23.0. The molecule has 33 heavy (non-hydrogen) atoms. The van der Waals surface area contributed by atoms with E-state index >= 15 is 0 Å². The van der Waals surface area contributed by atoms with Crippen LogP contribution in [0.1, 0.15) is 0 Å². The summed E-state index contributed by atoms with van der Waals surface area (Å²) >= 11 is 0. The molecule has 0 saturated carbocycles. The molecule has 0 fully saturated rings. The van der Waals surface area contributed by atoms with E-state index in [1.807, 2.05) is 0 Å². The smallest absolute Gasteiger partial charge is 0.356 e. The van der Waals surface area contributed by atoms with Crippen molar-refractivity contribution in [1.29, 1.82) is 0 Å². The van der Waals surface area contributed by atoms with E-state index in [0.29, 0.717) is 5.01 Å². The second kappa shape index (κ2) is 10.1. The molecule has 0 aromatic heterocycles. The molecule has 2 aromatic rings. The summed E-state index contributed by atoms with van der Waals surface area (Å²) in [5, 5.41) is 22.5. The van der Waals surface area contributed by atoms with Crippen LogP contribution in [0.4, 0.5) is 11.4 Å². The summed E-state index contributed by atoms with van der Waals surface area (Å²) in [6.45, 7) is 0. The topological polar surface area (TPSA) is 285 Å². The van der Waals surface area contributed by atoms with Gasteiger partial charge in [-0.25, -0.2) is 8.42 Å². The molecule has 1 aliphatic rings. The van der Waals surface area contributed by atoms with E-state index in [1.165, 1.54) is 12.1 Å². The fraction of sp³-hybridized carbons (Fsp3) is 0.0625. The molecule has 1 aliphatic heterocycles. The van der Waals surface area contributed by atoms with Gasteiger partial charge >= 0.3 is 7.60 Å². The fourth-order valence-electron chi connectivity index (χ4n) is 2.50. The van der Waals surface area contributed by atoms with Crippen molar-refractivity contribution >= 4 is 52.0 Å². The number of hydrazone groups is 1. The predicted molar refractivity (Wildman–Crippen MR) is 113 cm³/mol. The van der Waals surface area contributed by atoms with Gasteiger partial charge in [-0.1, -0.05) is 6.07 Å². The van der Waals surface area contributed by atoms with Gasteiger partial charge in [0, 0.05) is 0 Å². The van der Waals surface area contributed by atoms with E-state index in [-0.39, 0.29) is 29.0 Å². The number of rotatable bonds is 6. The molecule has 15 nitrogen and oxygen atoms in total. The lowest BCUT2D eigenvalue weighted by Gasteiger charge is -2.14. The normalized spacial score (nSPS) is 16.2. The number of anilines is 1. The van der Waals surface area contributed by atoms with E-state index < -0.39 is 46.2 Å². The molecule has 0 radical (unpaired) electrons. The first-order chi connectivity index (χ1) is 14.4. The first-order valence-electron chi connectivity index (χ1n) is 8.15. The van der Waals surface area contributed by atoms with Crippen LogP contribution in [0.3, 0.4) is 0 Å². The summed E-state index contributed by atoms with van der Waals surface area (Å²) in [5.74, 6) is -2.78. The first kappa shape index (κ1) is 27.7. The molecule has 17 heteroatoms. The summed E-state index contributed by atoms with van der Waals surface area (Å²) < 4.78 is 44.3. The fourth-order valence-corrected chi connectivity index (χ4v) is 3.55. The van der Waals surface area contributed by atoms with Crippen molar-refractivity contribution < 1.29 is 42.0 Å². The van der Waals surface area contributed by atoms with Crippen LogP contribution < -0.4 is 27.7 Å². The van der Waals surface area contributed by atoms with Crippen LogP contribution >= 0.6 is 7.60 Å². The second-order valence-electron chi connectivity index (χ2n) is 6.05. The lowest BCUT2D eigenvalue weighted by Crippen LogP contribution is -2.39. The average Bonchev–Trinajstić information content (AvgIpc) is 3.02. The minimum Gasteiger partial charge on any atom is -0.744 e. The van der Waals surface area contributed by atoms with Gasteiger partial charge in [-0.05, 0) is 42.5 Å². The molecule has 1 unspecified atom stereocenters. The number of carboxylic acids is 1. The lowest BCUT2D eigenvalue weighted by molar-refractivity contribution is -0.294. The quantitative estimate of drug-likeness (QED) is 0.230. The zero-order valence-electron chi connectivity index (χ0n) is 17.1. The Kier molecular flexibility index (Phi) is 8.43. The molecular formula is C16H19N6O9PS. The molecule has 178 valence electrons. The van der Waals surface area contributed by atoms with Gasteiger partial charge in [0.1, 0.15) is 15.8 Å². The first-order valence-corrected chi connectivity index (χ1v) is 11.2. The van der Waals surface area contributed by atoms with Crippen molar-refractivity contribution in [3.8, 4) is 0 Å². The maximum absolute atomic E-state index is 12.6. The Bertz CT molecular complexity index is 1270. The maximum atomic E-state index is 12.6. The molecule has 1 amide bonds. The number of benzene rings is 2. The Labute approximate surface area is 186 Å². The summed E-state index contributed by atoms with van der Waals surface area (Å²) in [6, 6.07) is 7.02. The number of carbonyl (C=O) groups excluding carboxylic acids is 2. The number of hydrogen-bond donors (Lipinski definition) is 4. The third-order valence-corrected chi connectivity index (χ3v) is 5.74. The van der Waals surface area contributed by atoms with Crippen LogP contribution in [0.2, 0.25) is 0 Å². The molecule has 10 N–H and O–H groups in total. The van der Waals surface area contributed by atoms with Crippen LogP contribution in [0.15, 0.2) is 68.8 Å². The highest BCUT2D eigenvalue weighted by atomic mass is 32.2. The number of aliphatic carboxylic acids is 1. The van der Waals surface area contributed by atoms with Crippen LogP contribution in [0.5, 0.6) is 0 Å². The molecule has 0 saturated heterocycles. The molecule has 2 aromatic carbocycles. The molecule has 3 rings (SSSR count). The predicted octanol–water partition coefficient (Wildman–Crippen LogP) is -0.249. The third-order valence-electron chi connectivity index (χ3n) is 3.94. The Morgan fingerprint density at radius 1 is 1.12 bits per heavy atom. The number of nitrogens with zero attached hydrogens (tertiary/aromatic N) is 4. The molecule has 1 heterocycles.